The monoisotopic (exact) mass is 474 g/mol. The van der Waals surface area contributed by atoms with Gasteiger partial charge in [-0.25, -0.2) is 0 Å². The van der Waals surface area contributed by atoms with Gasteiger partial charge in [-0.1, -0.05) is 60.7 Å². The van der Waals surface area contributed by atoms with E-state index in [1.165, 1.54) is 6.26 Å². The Morgan fingerprint density at radius 3 is 2.17 bits per heavy atom. The SMILES string of the molecule is O=C(OCC(=O)N(CCc1ccccc1)Cc1ccccc1)C1CCN(C(=O)c2ccco2)CC1. The first-order valence-corrected chi connectivity index (χ1v) is 11.9. The summed E-state index contributed by atoms with van der Waals surface area (Å²) in [5.74, 6) is -0.803. The van der Waals surface area contributed by atoms with Crippen molar-refractivity contribution in [2.75, 3.05) is 26.2 Å². The fourth-order valence-corrected chi connectivity index (χ4v) is 4.22. The third-order valence-electron chi connectivity index (χ3n) is 6.27. The van der Waals surface area contributed by atoms with Gasteiger partial charge in [0.05, 0.1) is 12.2 Å². The Kier molecular flexibility index (Phi) is 8.33. The molecule has 7 heteroatoms. The largest absolute Gasteiger partial charge is 0.459 e. The normalized spacial score (nSPS) is 13.9. The Labute approximate surface area is 205 Å². The predicted molar refractivity (Wildman–Crippen MR) is 130 cm³/mol. The molecule has 0 atom stereocenters. The van der Waals surface area contributed by atoms with Gasteiger partial charge in [0, 0.05) is 26.2 Å². The van der Waals surface area contributed by atoms with Crippen LogP contribution >= 0.6 is 0 Å². The number of likely N-dealkylation sites (tertiary alicyclic amines) is 1. The van der Waals surface area contributed by atoms with E-state index in [2.05, 4.69) is 0 Å². The zero-order valence-electron chi connectivity index (χ0n) is 19.7. The Bertz CT molecular complexity index is 1090. The lowest BCUT2D eigenvalue weighted by Gasteiger charge is -2.30. The fourth-order valence-electron chi connectivity index (χ4n) is 4.22. The number of carbonyl (C=O) groups is 3. The average molecular weight is 475 g/mol. The Balaban J connectivity index is 1.28. The highest BCUT2D eigenvalue weighted by atomic mass is 16.5. The molecule has 1 aliphatic heterocycles. The molecule has 1 saturated heterocycles. The molecule has 0 unspecified atom stereocenters. The molecule has 0 bridgehead atoms. The molecule has 1 aromatic heterocycles. The van der Waals surface area contributed by atoms with E-state index in [-0.39, 0.29) is 30.3 Å². The van der Waals surface area contributed by atoms with E-state index in [4.69, 9.17) is 9.15 Å². The molecule has 4 rings (SSSR count). The van der Waals surface area contributed by atoms with Crippen molar-refractivity contribution < 1.29 is 23.5 Å². The second kappa shape index (κ2) is 12.0. The highest BCUT2D eigenvalue weighted by Gasteiger charge is 2.30. The van der Waals surface area contributed by atoms with Crippen LogP contribution in [0.15, 0.2) is 83.5 Å². The van der Waals surface area contributed by atoms with Gasteiger partial charge in [-0.15, -0.1) is 0 Å². The van der Waals surface area contributed by atoms with Gasteiger partial charge >= 0.3 is 5.97 Å². The van der Waals surface area contributed by atoms with Crippen molar-refractivity contribution >= 4 is 17.8 Å². The molecule has 0 radical (unpaired) electrons. The molecule has 0 aliphatic carbocycles. The van der Waals surface area contributed by atoms with Gasteiger partial charge in [0.2, 0.25) is 0 Å². The standard InChI is InChI=1S/C28H30N2O5/c31-26(30(20-23-10-5-2-6-11-23)16-13-22-8-3-1-4-9-22)21-35-28(33)24-14-17-29(18-15-24)27(32)25-12-7-19-34-25/h1-12,19,24H,13-18,20-21H2. The zero-order chi connectivity index (χ0) is 24.5. The molecule has 35 heavy (non-hydrogen) atoms. The Morgan fingerprint density at radius 2 is 1.54 bits per heavy atom. The van der Waals surface area contributed by atoms with Crippen LogP contribution in [0.1, 0.15) is 34.5 Å². The maximum absolute atomic E-state index is 13.0. The van der Waals surface area contributed by atoms with Crippen molar-refractivity contribution in [1.82, 2.24) is 9.80 Å². The summed E-state index contributed by atoms with van der Waals surface area (Å²) in [6, 6.07) is 23.1. The molecule has 2 amide bonds. The van der Waals surface area contributed by atoms with E-state index < -0.39 is 0 Å². The molecular formula is C28H30N2O5. The van der Waals surface area contributed by atoms with Crippen LogP contribution in [0, 0.1) is 5.92 Å². The number of rotatable bonds is 9. The molecule has 7 nitrogen and oxygen atoms in total. The number of hydrogen-bond acceptors (Lipinski definition) is 5. The van der Waals surface area contributed by atoms with Crippen LogP contribution in [0.25, 0.3) is 0 Å². The third-order valence-corrected chi connectivity index (χ3v) is 6.27. The van der Waals surface area contributed by atoms with Gasteiger partial charge in [0.25, 0.3) is 11.8 Å². The van der Waals surface area contributed by atoms with Crippen molar-refractivity contribution in [3.05, 3.63) is 95.9 Å². The minimum Gasteiger partial charge on any atom is -0.459 e. The van der Waals surface area contributed by atoms with Crippen molar-refractivity contribution in [3.8, 4) is 0 Å². The van der Waals surface area contributed by atoms with Crippen LogP contribution in [0.2, 0.25) is 0 Å². The van der Waals surface area contributed by atoms with Gasteiger partial charge < -0.3 is 19.0 Å². The van der Waals surface area contributed by atoms with Gasteiger partial charge in [0.1, 0.15) is 0 Å². The highest BCUT2D eigenvalue weighted by Crippen LogP contribution is 2.21. The minimum absolute atomic E-state index is 0.174. The average Bonchev–Trinajstić information content (AvgIpc) is 3.45. The van der Waals surface area contributed by atoms with Crippen LogP contribution in [-0.4, -0.2) is 53.8 Å². The van der Waals surface area contributed by atoms with E-state index in [1.807, 2.05) is 60.7 Å². The number of carbonyl (C=O) groups excluding carboxylic acids is 3. The summed E-state index contributed by atoms with van der Waals surface area (Å²) in [6.45, 7) is 1.60. The Hall–Kier alpha value is -3.87. The predicted octanol–water partition coefficient (Wildman–Crippen LogP) is 3.95. The van der Waals surface area contributed by atoms with E-state index in [0.29, 0.717) is 44.8 Å². The molecule has 182 valence electrons. The second-order valence-electron chi connectivity index (χ2n) is 8.69. The minimum atomic E-state index is -0.383. The van der Waals surface area contributed by atoms with E-state index >= 15 is 0 Å². The summed E-state index contributed by atoms with van der Waals surface area (Å²) in [5.41, 5.74) is 2.17. The summed E-state index contributed by atoms with van der Waals surface area (Å²) in [4.78, 5) is 41.5. The summed E-state index contributed by atoms with van der Waals surface area (Å²) >= 11 is 0. The number of furan rings is 1. The van der Waals surface area contributed by atoms with Crippen LogP contribution in [0.5, 0.6) is 0 Å². The molecule has 1 fully saturated rings. The van der Waals surface area contributed by atoms with E-state index in [9.17, 15) is 14.4 Å². The van der Waals surface area contributed by atoms with Gasteiger partial charge in [-0.05, 0) is 42.5 Å². The van der Waals surface area contributed by atoms with Gasteiger partial charge in [0.15, 0.2) is 12.4 Å². The summed E-state index contributed by atoms with van der Waals surface area (Å²) in [6.07, 6.45) is 3.19. The number of amides is 2. The van der Waals surface area contributed by atoms with Crippen molar-refractivity contribution in [2.45, 2.75) is 25.8 Å². The molecule has 0 saturated carbocycles. The molecule has 3 aromatic rings. The first-order chi connectivity index (χ1) is 17.1. The van der Waals surface area contributed by atoms with Crippen molar-refractivity contribution in [1.29, 1.82) is 0 Å². The van der Waals surface area contributed by atoms with Crippen LogP contribution in [0.4, 0.5) is 0 Å². The quantitative estimate of drug-likeness (QED) is 0.439. The lowest BCUT2D eigenvalue weighted by atomic mass is 9.97. The number of nitrogens with zero attached hydrogens (tertiary/aromatic N) is 2. The number of benzene rings is 2. The summed E-state index contributed by atoms with van der Waals surface area (Å²) in [5, 5.41) is 0. The lowest BCUT2D eigenvalue weighted by Crippen LogP contribution is -2.41. The van der Waals surface area contributed by atoms with E-state index in [1.54, 1.807) is 21.9 Å². The lowest BCUT2D eigenvalue weighted by molar-refractivity contribution is -0.156. The maximum Gasteiger partial charge on any atom is 0.309 e. The summed E-state index contributed by atoms with van der Waals surface area (Å²) in [7, 11) is 0. The molecule has 2 aromatic carbocycles. The molecule has 1 aliphatic rings. The highest BCUT2D eigenvalue weighted by molar-refractivity contribution is 5.91. The second-order valence-corrected chi connectivity index (χ2v) is 8.69. The zero-order valence-corrected chi connectivity index (χ0v) is 19.7. The van der Waals surface area contributed by atoms with Gasteiger partial charge in [-0.2, -0.15) is 0 Å². The Morgan fingerprint density at radius 1 is 0.886 bits per heavy atom. The van der Waals surface area contributed by atoms with Crippen molar-refractivity contribution in [2.24, 2.45) is 5.92 Å². The van der Waals surface area contributed by atoms with Crippen LogP contribution in [0.3, 0.4) is 0 Å². The molecule has 0 spiro atoms. The summed E-state index contributed by atoms with van der Waals surface area (Å²) < 4.78 is 10.6. The number of ether oxygens (including phenoxy) is 1. The molecule has 0 N–H and O–H groups in total. The fraction of sp³-hybridized carbons (Fsp3) is 0.321. The van der Waals surface area contributed by atoms with Crippen LogP contribution in [-0.2, 0) is 27.3 Å². The van der Waals surface area contributed by atoms with Crippen LogP contribution < -0.4 is 0 Å². The third kappa shape index (κ3) is 6.82. The first kappa shape index (κ1) is 24.3. The maximum atomic E-state index is 13.0. The smallest absolute Gasteiger partial charge is 0.309 e. The van der Waals surface area contributed by atoms with Gasteiger partial charge in [-0.3, -0.25) is 14.4 Å². The number of hydrogen-bond donors (Lipinski definition) is 0. The number of piperidine rings is 1. The number of esters is 1. The topological polar surface area (TPSA) is 80.1 Å². The van der Waals surface area contributed by atoms with Crippen molar-refractivity contribution in [3.63, 3.8) is 0 Å². The molecule has 2 heterocycles. The first-order valence-electron chi connectivity index (χ1n) is 11.9. The molecular weight excluding hydrogens is 444 g/mol. The van der Waals surface area contributed by atoms with E-state index in [0.717, 1.165) is 17.5 Å².